The van der Waals surface area contributed by atoms with Gasteiger partial charge < -0.3 is 14.8 Å². The van der Waals surface area contributed by atoms with Crippen molar-refractivity contribution in [1.29, 1.82) is 0 Å². The number of aliphatic imine (C=N–C) groups is 1. The molecule has 0 radical (unpaired) electrons. The molecule has 38 heavy (non-hydrogen) atoms. The van der Waals surface area contributed by atoms with Crippen LogP contribution >= 0.6 is 34.5 Å². The van der Waals surface area contributed by atoms with Gasteiger partial charge >= 0.3 is 0 Å². The minimum atomic E-state index is -0.120. The molecule has 0 saturated heterocycles. The van der Waals surface area contributed by atoms with Crippen LogP contribution in [0.3, 0.4) is 0 Å². The molecule has 0 fully saturated rings. The molecule has 194 valence electrons. The van der Waals surface area contributed by atoms with Crippen molar-refractivity contribution in [1.82, 2.24) is 0 Å². The number of halogens is 2. The smallest absolute Gasteiger partial charge is 0.259 e. The normalized spacial score (nSPS) is 12.8. The number of rotatable bonds is 8. The lowest BCUT2D eigenvalue weighted by molar-refractivity contribution is 0.102. The van der Waals surface area contributed by atoms with Gasteiger partial charge in [0, 0.05) is 32.4 Å². The number of ether oxygens (including phenoxy) is 2. The average Bonchev–Trinajstić information content (AvgIpc) is 3.31. The molecule has 4 aromatic rings. The lowest BCUT2D eigenvalue weighted by Gasteiger charge is -2.13. The molecule has 0 atom stereocenters. The molecule has 0 aliphatic heterocycles. The van der Waals surface area contributed by atoms with Gasteiger partial charge in [-0.05, 0) is 79.3 Å². The third kappa shape index (κ3) is 6.04. The fourth-order valence-electron chi connectivity index (χ4n) is 4.40. The number of amides is 1. The SMILES string of the molecule is COc1cc(C=Nc2sc3c(c2C(=O)Nc2ccccc2)CCCC3)ccc1OCc1ccc(Cl)cc1Cl. The minimum Gasteiger partial charge on any atom is -0.493 e. The third-order valence-electron chi connectivity index (χ3n) is 6.33. The van der Waals surface area contributed by atoms with Crippen molar-refractivity contribution in [3.05, 3.63) is 104 Å². The van der Waals surface area contributed by atoms with E-state index in [4.69, 9.17) is 37.7 Å². The first-order valence-corrected chi connectivity index (χ1v) is 13.9. The summed E-state index contributed by atoms with van der Waals surface area (Å²) < 4.78 is 11.5. The molecule has 1 amide bonds. The second kappa shape index (κ2) is 12.0. The maximum atomic E-state index is 13.3. The van der Waals surface area contributed by atoms with Crippen molar-refractivity contribution < 1.29 is 14.3 Å². The number of fused-ring (bicyclic) bond motifs is 1. The van der Waals surface area contributed by atoms with Crippen molar-refractivity contribution in [3.63, 3.8) is 0 Å². The Labute approximate surface area is 236 Å². The molecule has 5 nitrogen and oxygen atoms in total. The first kappa shape index (κ1) is 26.3. The van der Waals surface area contributed by atoms with Crippen molar-refractivity contribution in [3.8, 4) is 11.5 Å². The summed E-state index contributed by atoms with van der Waals surface area (Å²) in [5.74, 6) is 1.04. The fourth-order valence-corrected chi connectivity index (χ4v) is 6.10. The van der Waals surface area contributed by atoms with Crippen LogP contribution in [-0.4, -0.2) is 19.2 Å². The van der Waals surface area contributed by atoms with Gasteiger partial charge in [-0.25, -0.2) is 4.99 Å². The molecule has 1 aliphatic rings. The molecule has 0 saturated carbocycles. The van der Waals surface area contributed by atoms with E-state index < -0.39 is 0 Å². The van der Waals surface area contributed by atoms with Crippen LogP contribution < -0.4 is 14.8 Å². The Hall–Kier alpha value is -3.32. The molecule has 1 aromatic heterocycles. The zero-order valence-corrected chi connectivity index (χ0v) is 23.1. The van der Waals surface area contributed by atoms with Crippen LogP contribution in [0.1, 0.15) is 44.8 Å². The summed E-state index contributed by atoms with van der Waals surface area (Å²) in [7, 11) is 1.59. The lowest BCUT2D eigenvalue weighted by Crippen LogP contribution is -2.14. The zero-order valence-electron chi connectivity index (χ0n) is 20.8. The molecular weight excluding hydrogens is 539 g/mol. The van der Waals surface area contributed by atoms with E-state index in [-0.39, 0.29) is 12.5 Å². The molecule has 1 heterocycles. The number of nitrogens with one attached hydrogen (secondary N) is 1. The van der Waals surface area contributed by atoms with Gasteiger partial charge in [0.15, 0.2) is 11.5 Å². The molecule has 3 aromatic carbocycles. The van der Waals surface area contributed by atoms with Crippen LogP contribution in [-0.2, 0) is 19.4 Å². The summed E-state index contributed by atoms with van der Waals surface area (Å²) in [6.07, 6.45) is 5.86. The van der Waals surface area contributed by atoms with Crippen LogP contribution in [0.25, 0.3) is 0 Å². The third-order valence-corrected chi connectivity index (χ3v) is 8.12. The second-order valence-electron chi connectivity index (χ2n) is 8.90. The van der Waals surface area contributed by atoms with Gasteiger partial charge in [-0.1, -0.05) is 47.5 Å². The number of para-hydroxylation sites is 1. The monoisotopic (exact) mass is 564 g/mol. The molecule has 5 rings (SSSR count). The highest BCUT2D eigenvalue weighted by atomic mass is 35.5. The van der Waals surface area contributed by atoms with Crippen molar-refractivity contribution in [2.24, 2.45) is 4.99 Å². The highest BCUT2D eigenvalue weighted by Crippen LogP contribution is 2.40. The number of nitrogens with zero attached hydrogens (tertiary/aromatic N) is 1. The van der Waals surface area contributed by atoms with Crippen LogP contribution in [0.2, 0.25) is 10.0 Å². The Kier molecular flexibility index (Phi) is 8.32. The topological polar surface area (TPSA) is 59.9 Å². The van der Waals surface area contributed by atoms with E-state index in [0.717, 1.165) is 53.1 Å². The van der Waals surface area contributed by atoms with Crippen LogP contribution in [0.4, 0.5) is 10.7 Å². The van der Waals surface area contributed by atoms with Gasteiger partial charge in [-0.2, -0.15) is 0 Å². The Morgan fingerprint density at radius 1 is 1.03 bits per heavy atom. The predicted octanol–water partition coefficient (Wildman–Crippen LogP) is 8.52. The van der Waals surface area contributed by atoms with Gasteiger partial charge in [-0.3, -0.25) is 4.79 Å². The Bertz CT molecular complexity index is 1480. The van der Waals surface area contributed by atoms with E-state index in [9.17, 15) is 4.79 Å². The number of methoxy groups -OCH3 is 1. The minimum absolute atomic E-state index is 0.120. The van der Waals surface area contributed by atoms with E-state index in [1.54, 1.807) is 36.8 Å². The first-order chi connectivity index (χ1) is 18.5. The quantitative estimate of drug-likeness (QED) is 0.218. The molecule has 0 bridgehead atoms. The van der Waals surface area contributed by atoms with Gasteiger partial charge in [0.2, 0.25) is 0 Å². The molecule has 1 N–H and O–H groups in total. The molecule has 0 unspecified atom stereocenters. The van der Waals surface area contributed by atoms with Crippen molar-refractivity contribution in [2.75, 3.05) is 12.4 Å². The highest BCUT2D eigenvalue weighted by Gasteiger charge is 2.25. The second-order valence-corrected chi connectivity index (χ2v) is 10.8. The molecule has 0 spiro atoms. The number of carbonyl (C=O) groups excluding carboxylic acids is 1. The van der Waals surface area contributed by atoms with Crippen molar-refractivity contribution in [2.45, 2.75) is 32.3 Å². The Balaban J connectivity index is 1.37. The summed E-state index contributed by atoms with van der Waals surface area (Å²) >= 11 is 13.9. The molecule has 1 aliphatic carbocycles. The Morgan fingerprint density at radius 2 is 1.84 bits per heavy atom. The summed E-state index contributed by atoms with van der Waals surface area (Å²) in [5, 5.41) is 4.88. The summed E-state index contributed by atoms with van der Waals surface area (Å²) in [4.78, 5) is 19.3. The number of thiophene rings is 1. The molecular formula is C30H26Cl2N2O3S. The number of benzene rings is 3. The maximum absolute atomic E-state index is 13.3. The van der Waals surface area contributed by atoms with Gasteiger partial charge in [0.1, 0.15) is 11.6 Å². The van der Waals surface area contributed by atoms with Crippen LogP contribution in [0.5, 0.6) is 11.5 Å². The largest absolute Gasteiger partial charge is 0.493 e. The van der Waals surface area contributed by atoms with E-state index >= 15 is 0 Å². The number of hydrogen-bond donors (Lipinski definition) is 1. The fraction of sp³-hybridized carbons (Fsp3) is 0.200. The van der Waals surface area contributed by atoms with Crippen LogP contribution in [0.15, 0.2) is 71.7 Å². The molecule has 8 heteroatoms. The van der Waals surface area contributed by atoms with Crippen molar-refractivity contribution >= 4 is 57.3 Å². The van der Waals surface area contributed by atoms with E-state index in [1.165, 1.54) is 4.88 Å². The average molecular weight is 566 g/mol. The zero-order chi connectivity index (χ0) is 26.5. The van der Waals surface area contributed by atoms with Gasteiger partial charge in [-0.15, -0.1) is 11.3 Å². The first-order valence-electron chi connectivity index (χ1n) is 12.3. The highest BCUT2D eigenvalue weighted by molar-refractivity contribution is 7.16. The predicted molar refractivity (Wildman–Crippen MR) is 156 cm³/mol. The summed E-state index contributed by atoms with van der Waals surface area (Å²) in [6.45, 7) is 0.278. The summed E-state index contributed by atoms with van der Waals surface area (Å²) in [6, 6.07) is 20.4. The van der Waals surface area contributed by atoms with E-state index in [0.29, 0.717) is 27.1 Å². The van der Waals surface area contributed by atoms with Gasteiger partial charge in [0.05, 0.1) is 12.7 Å². The van der Waals surface area contributed by atoms with E-state index in [2.05, 4.69) is 5.32 Å². The Morgan fingerprint density at radius 3 is 2.63 bits per heavy atom. The summed E-state index contributed by atoms with van der Waals surface area (Å²) in [5.41, 5.74) is 4.23. The number of anilines is 1. The standard InChI is InChI=1S/C30H26Cl2N2O3S/c1-36-26-15-19(11-14-25(26)37-18-20-12-13-21(31)16-24(20)32)17-33-30-28(23-9-5-6-10-27(23)38-30)29(35)34-22-7-3-2-4-8-22/h2-4,7-8,11-17H,5-6,9-10,18H2,1H3,(H,34,35). The lowest BCUT2D eigenvalue weighted by atomic mass is 9.95. The van der Waals surface area contributed by atoms with Crippen LogP contribution in [0, 0.1) is 0 Å². The number of carbonyl (C=O) groups is 1. The number of hydrogen-bond acceptors (Lipinski definition) is 5. The van der Waals surface area contributed by atoms with Gasteiger partial charge in [0.25, 0.3) is 5.91 Å². The van der Waals surface area contributed by atoms with E-state index in [1.807, 2.05) is 54.6 Å². The maximum Gasteiger partial charge on any atom is 0.259 e. The number of aryl methyl sites for hydroxylation is 1.